The molecule has 3 heterocycles. The van der Waals surface area contributed by atoms with Gasteiger partial charge in [-0.25, -0.2) is 31.4 Å². The highest BCUT2D eigenvalue weighted by molar-refractivity contribution is 5.86. The van der Waals surface area contributed by atoms with E-state index < -0.39 is 53.4 Å². The van der Waals surface area contributed by atoms with Gasteiger partial charge in [0.1, 0.15) is 17.3 Å². The smallest absolute Gasteiger partial charge is 0.328 e. The molecule has 2 aromatic carbocycles. The Bertz CT molecular complexity index is 1470. The summed E-state index contributed by atoms with van der Waals surface area (Å²) in [5, 5.41) is 14.0. The Labute approximate surface area is 234 Å². The van der Waals surface area contributed by atoms with Crippen molar-refractivity contribution in [1.29, 1.82) is 0 Å². The number of aromatic nitrogens is 2. The zero-order valence-electron chi connectivity index (χ0n) is 23.0. The first-order valence-electron chi connectivity index (χ1n) is 13.6. The number of aliphatic carboxylic acids is 1. The number of ether oxygens (including phenoxy) is 1. The zero-order chi connectivity index (χ0) is 29.7. The van der Waals surface area contributed by atoms with Crippen LogP contribution < -0.4 is 0 Å². The SMILES string of the molecule is CC(C)(F)CN1C(C(F)F)Cc2c(ccc3c2cnn3C2CCCCO2)C1(C)c1c(F)cc(/C=C/C(=O)O)cc1F. The lowest BCUT2D eigenvalue weighted by Crippen LogP contribution is -2.60. The van der Waals surface area contributed by atoms with Crippen LogP contribution >= 0.6 is 0 Å². The third kappa shape index (κ3) is 5.37. The molecule has 5 rings (SSSR count). The third-order valence-electron chi connectivity index (χ3n) is 8.04. The molecule has 0 amide bonds. The summed E-state index contributed by atoms with van der Waals surface area (Å²) in [6, 6.07) is 3.72. The maximum Gasteiger partial charge on any atom is 0.328 e. The van der Waals surface area contributed by atoms with Crippen LogP contribution in [-0.4, -0.2) is 57.0 Å². The van der Waals surface area contributed by atoms with Crippen LogP contribution in [0.15, 0.2) is 36.5 Å². The van der Waals surface area contributed by atoms with E-state index >= 15 is 13.2 Å². The van der Waals surface area contributed by atoms with E-state index in [1.165, 1.54) is 20.8 Å². The average Bonchev–Trinajstić information content (AvgIpc) is 3.33. The first kappa shape index (κ1) is 29.2. The number of carboxylic acids is 1. The minimum atomic E-state index is -2.96. The van der Waals surface area contributed by atoms with Crippen molar-refractivity contribution >= 4 is 22.9 Å². The predicted octanol–water partition coefficient (Wildman–Crippen LogP) is 6.61. The number of fused-ring (bicyclic) bond motifs is 3. The number of hydrogen-bond donors (Lipinski definition) is 1. The van der Waals surface area contributed by atoms with E-state index in [2.05, 4.69) is 5.10 Å². The Hall–Kier alpha value is -3.31. The van der Waals surface area contributed by atoms with Crippen LogP contribution in [0.2, 0.25) is 0 Å². The van der Waals surface area contributed by atoms with E-state index in [0.29, 0.717) is 28.6 Å². The number of benzene rings is 2. The van der Waals surface area contributed by atoms with Gasteiger partial charge in [0.25, 0.3) is 6.43 Å². The van der Waals surface area contributed by atoms with E-state index in [4.69, 9.17) is 9.84 Å². The Morgan fingerprint density at radius 2 is 1.95 bits per heavy atom. The predicted molar refractivity (Wildman–Crippen MR) is 143 cm³/mol. The first-order chi connectivity index (χ1) is 19.3. The lowest BCUT2D eigenvalue weighted by Gasteiger charge is -2.52. The van der Waals surface area contributed by atoms with Gasteiger partial charge in [0, 0.05) is 30.2 Å². The standard InChI is InChI=1S/C30H32F5N3O3/c1-29(2,35)16-37-24(28(33)34)14-18-19-15-36-38(25-6-4-5-11-41-25)23(19)9-8-20(18)30(37,3)27-21(31)12-17(13-22(27)32)7-10-26(39)40/h7-10,12-13,15,24-25,28H,4-6,11,14,16H2,1-3H3,(H,39,40)/b10-7+. The average molecular weight is 578 g/mol. The molecule has 6 nitrogen and oxygen atoms in total. The summed E-state index contributed by atoms with van der Waals surface area (Å²) < 4.78 is 84.1. The molecule has 2 aliphatic heterocycles. The molecule has 1 fully saturated rings. The van der Waals surface area contributed by atoms with Crippen LogP contribution in [0.1, 0.15) is 68.5 Å². The topological polar surface area (TPSA) is 67.6 Å². The molecule has 220 valence electrons. The number of halogens is 5. The maximum absolute atomic E-state index is 15.9. The van der Waals surface area contributed by atoms with Crippen molar-refractivity contribution in [3.05, 3.63) is 70.4 Å². The molecule has 3 unspecified atom stereocenters. The van der Waals surface area contributed by atoms with Crippen molar-refractivity contribution < 1.29 is 36.6 Å². The highest BCUT2D eigenvalue weighted by Gasteiger charge is 2.52. The molecule has 0 saturated carbocycles. The second-order valence-electron chi connectivity index (χ2n) is 11.5. The fraction of sp³-hybridized carbons (Fsp3) is 0.467. The van der Waals surface area contributed by atoms with Gasteiger partial charge in [0.05, 0.1) is 23.3 Å². The molecule has 3 atom stereocenters. The minimum Gasteiger partial charge on any atom is -0.478 e. The van der Waals surface area contributed by atoms with Crippen LogP contribution in [0.4, 0.5) is 22.0 Å². The molecule has 11 heteroatoms. The molecule has 0 aliphatic carbocycles. The first-order valence-corrected chi connectivity index (χ1v) is 13.6. The molecule has 41 heavy (non-hydrogen) atoms. The largest absolute Gasteiger partial charge is 0.478 e. The molecule has 0 bridgehead atoms. The second-order valence-corrected chi connectivity index (χ2v) is 11.5. The summed E-state index contributed by atoms with van der Waals surface area (Å²) in [5.74, 6) is -3.43. The normalized spacial score (nSPS) is 23.9. The van der Waals surface area contributed by atoms with Gasteiger partial charge >= 0.3 is 5.97 Å². The van der Waals surface area contributed by atoms with Crippen molar-refractivity contribution in [2.45, 2.75) is 76.4 Å². The highest BCUT2D eigenvalue weighted by Crippen LogP contribution is 2.49. The minimum absolute atomic E-state index is 0.0576. The lowest BCUT2D eigenvalue weighted by molar-refractivity contribution is -0.131. The molecular formula is C30H32F5N3O3. The summed E-state index contributed by atoms with van der Waals surface area (Å²) in [6.45, 7) is 3.95. The van der Waals surface area contributed by atoms with Gasteiger partial charge in [-0.2, -0.15) is 5.10 Å². The highest BCUT2D eigenvalue weighted by atomic mass is 19.3. The molecule has 1 aromatic heterocycles. The van der Waals surface area contributed by atoms with Crippen molar-refractivity contribution in [2.75, 3.05) is 13.2 Å². The molecule has 1 N–H and O–H groups in total. The van der Waals surface area contributed by atoms with Crippen LogP contribution in [0.25, 0.3) is 17.0 Å². The van der Waals surface area contributed by atoms with Crippen LogP contribution in [0.3, 0.4) is 0 Å². The van der Waals surface area contributed by atoms with Gasteiger partial charge in [-0.1, -0.05) is 6.07 Å². The summed E-state index contributed by atoms with van der Waals surface area (Å²) in [4.78, 5) is 12.1. The second kappa shape index (κ2) is 10.8. The van der Waals surface area contributed by atoms with Crippen LogP contribution in [-0.2, 0) is 21.5 Å². The molecular weight excluding hydrogens is 545 g/mol. The van der Waals surface area contributed by atoms with E-state index in [-0.39, 0.29) is 18.2 Å². The summed E-state index contributed by atoms with van der Waals surface area (Å²) in [7, 11) is 0. The molecule has 0 radical (unpaired) electrons. The fourth-order valence-corrected chi connectivity index (χ4v) is 6.31. The van der Waals surface area contributed by atoms with Crippen molar-refractivity contribution in [3.8, 4) is 0 Å². The lowest BCUT2D eigenvalue weighted by atomic mass is 9.73. The van der Waals surface area contributed by atoms with E-state index in [9.17, 15) is 13.6 Å². The number of hydrogen-bond acceptors (Lipinski definition) is 4. The monoisotopic (exact) mass is 577 g/mol. The maximum atomic E-state index is 15.9. The number of alkyl halides is 3. The van der Waals surface area contributed by atoms with E-state index in [0.717, 1.165) is 48.4 Å². The number of carbonyl (C=O) groups is 1. The Balaban J connectivity index is 1.76. The van der Waals surface area contributed by atoms with E-state index in [1.54, 1.807) is 23.0 Å². The fourth-order valence-electron chi connectivity index (χ4n) is 6.31. The summed E-state index contributed by atoms with van der Waals surface area (Å²) in [6.07, 6.45) is 2.50. The number of rotatable bonds is 7. The van der Waals surface area contributed by atoms with E-state index in [1.807, 2.05) is 0 Å². The summed E-state index contributed by atoms with van der Waals surface area (Å²) >= 11 is 0. The zero-order valence-corrected chi connectivity index (χ0v) is 23.0. The Morgan fingerprint density at radius 3 is 2.54 bits per heavy atom. The molecule has 2 aliphatic rings. The molecule has 3 aromatic rings. The van der Waals surface area contributed by atoms with Crippen molar-refractivity contribution in [3.63, 3.8) is 0 Å². The quantitative estimate of drug-likeness (QED) is 0.253. The van der Waals surface area contributed by atoms with Crippen molar-refractivity contribution in [1.82, 2.24) is 14.7 Å². The molecule has 0 spiro atoms. The molecule has 1 saturated heterocycles. The third-order valence-corrected chi connectivity index (χ3v) is 8.04. The summed E-state index contributed by atoms with van der Waals surface area (Å²) in [5.41, 5.74) is -2.93. The van der Waals surface area contributed by atoms with Crippen LogP contribution in [0.5, 0.6) is 0 Å². The van der Waals surface area contributed by atoms with Gasteiger partial charge in [-0.15, -0.1) is 0 Å². The van der Waals surface area contributed by atoms with Gasteiger partial charge < -0.3 is 9.84 Å². The van der Waals surface area contributed by atoms with Crippen molar-refractivity contribution in [2.24, 2.45) is 0 Å². The number of nitrogens with zero attached hydrogens (tertiary/aromatic N) is 3. The Morgan fingerprint density at radius 1 is 1.24 bits per heavy atom. The van der Waals surface area contributed by atoms with Crippen LogP contribution in [0, 0.1) is 11.6 Å². The van der Waals surface area contributed by atoms with Gasteiger partial charge in [-0.05, 0) is 87.4 Å². The van der Waals surface area contributed by atoms with Gasteiger partial charge in [0.15, 0.2) is 6.23 Å². The number of carboxylic acid groups (broad SMARTS) is 1. The van der Waals surface area contributed by atoms with Gasteiger partial charge in [-0.3, -0.25) is 4.90 Å². The van der Waals surface area contributed by atoms with Gasteiger partial charge in [0.2, 0.25) is 0 Å². The Kier molecular flexibility index (Phi) is 7.71.